The van der Waals surface area contributed by atoms with Gasteiger partial charge in [-0.2, -0.15) is 4.98 Å². The van der Waals surface area contributed by atoms with Crippen molar-refractivity contribution in [1.29, 1.82) is 0 Å². The van der Waals surface area contributed by atoms with Crippen molar-refractivity contribution in [3.8, 4) is 17.2 Å². The molecular weight excluding hydrogens is 507 g/mol. The first kappa shape index (κ1) is 27.4. The molecule has 2 aromatic carbocycles. The Bertz CT molecular complexity index is 1380. The molecule has 5 N–H and O–H groups in total. The predicted octanol–water partition coefficient (Wildman–Crippen LogP) is 2.34. The van der Waals surface area contributed by atoms with E-state index >= 15 is 0 Å². The van der Waals surface area contributed by atoms with Crippen LogP contribution < -0.4 is 35.3 Å². The smallest absolute Gasteiger partial charge is 0.234 e. The van der Waals surface area contributed by atoms with E-state index in [9.17, 15) is 17.6 Å². The van der Waals surface area contributed by atoms with Crippen molar-refractivity contribution in [3.05, 3.63) is 53.5 Å². The van der Waals surface area contributed by atoms with Gasteiger partial charge in [0.15, 0.2) is 23.1 Å². The number of hydrogen-bond donors (Lipinski definition) is 4. The molecule has 1 amide bonds. The lowest BCUT2D eigenvalue weighted by Gasteiger charge is -2.16. The Balaban J connectivity index is 1.88. The Morgan fingerprint density at radius 2 is 1.76 bits per heavy atom. The minimum Gasteiger partial charge on any atom is -0.493 e. The molecule has 0 unspecified atom stereocenters. The molecule has 12 nitrogen and oxygen atoms in total. The van der Waals surface area contributed by atoms with Gasteiger partial charge >= 0.3 is 0 Å². The SMILES string of the molecule is COc1cc(Nc2ncc(F)c(Nc3cccc(C)c3CNS(=O)(=O)CC(N)=O)n2)cc(OC)c1OC. The lowest BCUT2D eigenvalue weighted by Crippen LogP contribution is -2.33. The Kier molecular flexibility index (Phi) is 8.68. The van der Waals surface area contributed by atoms with E-state index in [0.717, 1.165) is 11.8 Å². The number of nitrogens with two attached hydrogens (primary N) is 1. The molecule has 0 atom stereocenters. The molecule has 0 aliphatic heterocycles. The third kappa shape index (κ3) is 6.95. The first-order valence-electron chi connectivity index (χ1n) is 10.8. The summed E-state index contributed by atoms with van der Waals surface area (Å²) in [5.41, 5.74) is 7.12. The van der Waals surface area contributed by atoms with Crippen LogP contribution in [0, 0.1) is 12.7 Å². The Morgan fingerprint density at radius 3 is 2.35 bits per heavy atom. The number of methoxy groups -OCH3 is 3. The normalized spacial score (nSPS) is 11.1. The number of halogens is 1. The minimum atomic E-state index is -3.94. The molecule has 0 saturated heterocycles. The second kappa shape index (κ2) is 11.7. The topological polar surface area (TPSA) is 167 Å². The van der Waals surface area contributed by atoms with Gasteiger partial charge in [-0.05, 0) is 24.1 Å². The summed E-state index contributed by atoms with van der Waals surface area (Å²) < 4.78 is 57.1. The van der Waals surface area contributed by atoms with Crippen molar-refractivity contribution >= 4 is 39.1 Å². The molecule has 3 rings (SSSR count). The van der Waals surface area contributed by atoms with E-state index in [-0.39, 0.29) is 18.3 Å². The van der Waals surface area contributed by atoms with Gasteiger partial charge in [-0.15, -0.1) is 0 Å². The van der Waals surface area contributed by atoms with Crippen LogP contribution in [0.1, 0.15) is 11.1 Å². The van der Waals surface area contributed by atoms with E-state index < -0.39 is 27.5 Å². The molecule has 37 heavy (non-hydrogen) atoms. The van der Waals surface area contributed by atoms with E-state index in [4.69, 9.17) is 19.9 Å². The minimum absolute atomic E-state index is 0.0644. The molecule has 0 bridgehead atoms. The summed E-state index contributed by atoms with van der Waals surface area (Å²) in [6.07, 6.45) is 0.987. The van der Waals surface area contributed by atoms with Crippen molar-refractivity contribution < 1.29 is 31.8 Å². The summed E-state index contributed by atoms with van der Waals surface area (Å²) >= 11 is 0. The van der Waals surface area contributed by atoms with Crippen LogP contribution in [0.3, 0.4) is 0 Å². The molecule has 0 radical (unpaired) electrons. The van der Waals surface area contributed by atoms with E-state index in [1.165, 1.54) is 21.3 Å². The summed E-state index contributed by atoms with van der Waals surface area (Å²) in [6.45, 7) is 1.60. The number of carbonyl (C=O) groups is 1. The zero-order valence-electron chi connectivity index (χ0n) is 20.6. The number of amides is 1. The van der Waals surface area contributed by atoms with Crippen LogP contribution >= 0.6 is 0 Å². The van der Waals surface area contributed by atoms with E-state index in [0.29, 0.717) is 34.2 Å². The molecular formula is C23H27FN6O6S. The molecule has 0 spiro atoms. The third-order valence-electron chi connectivity index (χ3n) is 5.13. The average molecular weight is 535 g/mol. The number of primary amides is 1. The number of carbonyl (C=O) groups excluding carboxylic acids is 1. The van der Waals surface area contributed by atoms with Gasteiger partial charge in [0.2, 0.25) is 27.6 Å². The average Bonchev–Trinajstić information content (AvgIpc) is 2.84. The summed E-state index contributed by atoms with van der Waals surface area (Å²) in [5, 5.41) is 5.85. The maximum Gasteiger partial charge on any atom is 0.234 e. The van der Waals surface area contributed by atoms with Crippen LogP contribution in [0.5, 0.6) is 17.2 Å². The third-order valence-corrected chi connectivity index (χ3v) is 6.38. The highest BCUT2D eigenvalue weighted by Crippen LogP contribution is 2.40. The highest BCUT2D eigenvalue weighted by Gasteiger charge is 2.18. The van der Waals surface area contributed by atoms with E-state index in [1.54, 1.807) is 37.3 Å². The number of nitrogens with one attached hydrogen (secondary N) is 3. The molecule has 1 heterocycles. The summed E-state index contributed by atoms with van der Waals surface area (Å²) in [6, 6.07) is 8.39. The molecule has 0 fully saturated rings. The standard InChI is InChI=1S/C23H27FN6O6S/c1-13-6-5-7-17(15(13)10-27-37(32,33)12-20(25)31)29-22-16(24)11-26-23(30-22)28-14-8-18(34-2)21(36-4)19(9-14)35-3/h5-9,11,27H,10,12H2,1-4H3,(H2,25,31)(H2,26,28,29,30). The van der Waals surface area contributed by atoms with Gasteiger partial charge in [0.1, 0.15) is 5.75 Å². The maximum absolute atomic E-state index is 14.6. The second-order valence-corrected chi connectivity index (χ2v) is 9.51. The molecule has 0 aliphatic rings. The first-order chi connectivity index (χ1) is 17.6. The number of anilines is 4. The van der Waals surface area contributed by atoms with Crippen molar-refractivity contribution in [2.45, 2.75) is 13.5 Å². The fraction of sp³-hybridized carbons (Fsp3) is 0.261. The molecule has 0 saturated carbocycles. The second-order valence-electron chi connectivity index (χ2n) is 7.70. The van der Waals surface area contributed by atoms with Gasteiger partial charge in [-0.1, -0.05) is 12.1 Å². The largest absolute Gasteiger partial charge is 0.493 e. The summed E-state index contributed by atoms with van der Waals surface area (Å²) in [7, 11) is 0.494. The van der Waals surface area contributed by atoms with Crippen LogP contribution in [-0.4, -0.2) is 51.4 Å². The van der Waals surface area contributed by atoms with Crippen LogP contribution in [0.4, 0.5) is 27.5 Å². The number of hydrogen-bond acceptors (Lipinski definition) is 10. The van der Waals surface area contributed by atoms with Crippen LogP contribution in [0.2, 0.25) is 0 Å². The molecule has 0 aliphatic carbocycles. The first-order valence-corrected chi connectivity index (χ1v) is 12.4. The summed E-state index contributed by atoms with van der Waals surface area (Å²) in [5.74, 6) is -1.47. The fourth-order valence-electron chi connectivity index (χ4n) is 3.40. The molecule has 1 aromatic heterocycles. The number of aryl methyl sites for hydroxylation is 1. The van der Waals surface area contributed by atoms with E-state index in [1.807, 2.05) is 0 Å². The Hall–Kier alpha value is -4.17. The van der Waals surface area contributed by atoms with Crippen molar-refractivity contribution in [2.75, 3.05) is 37.7 Å². The maximum atomic E-state index is 14.6. The lowest BCUT2D eigenvalue weighted by molar-refractivity contribution is -0.115. The number of sulfonamides is 1. The number of aromatic nitrogens is 2. The van der Waals surface area contributed by atoms with Gasteiger partial charge < -0.3 is 30.6 Å². The highest BCUT2D eigenvalue weighted by atomic mass is 32.2. The number of benzene rings is 2. The quantitative estimate of drug-likeness (QED) is 0.271. The van der Waals surface area contributed by atoms with Gasteiger partial charge in [-0.3, -0.25) is 4.79 Å². The summed E-state index contributed by atoms with van der Waals surface area (Å²) in [4.78, 5) is 19.2. The van der Waals surface area contributed by atoms with Gasteiger partial charge in [-0.25, -0.2) is 22.5 Å². The van der Waals surface area contributed by atoms with Crippen molar-refractivity contribution in [2.24, 2.45) is 5.73 Å². The van der Waals surface area contributed by atoms with Gasteiger partial charge in [0, 0.05) is 30.1 Å². The molecule has 14 heteroatoms. The lowest BCUT2D eigenvalue weighted by atomic mass is 10.1. The van der Waals surface area contributed by atoms with Gasteiger partial charge in [0.25, 0.3) is 0 Å². The number of rotatable bonds is 12. The number of nitrogens with zero attached hydrogens (tertiary/aromatic N) is 2. The number of ether oxygens (including phenoxy) is 3. The Morgan fingerprint density at radius 1 is 1.08 bits per heavy atom. The zero-order valence-corrected chi connectivity index (χ0v) is 21.4. The molecule has 198 valence electrons. The van der Waals surface area contributed by atoms with Crippen LogP contribution in [0.15, 0.2) is 36.5 Å². The molecule has 3 aromatic rings. The van der Waals surface area contributed by atoms with Crippen LogP contribution in [-0.2, 0) is 21.4 Å². The highest BCUT2D eigenvalue weighted by molar-refractivity contribution is 7.90. The van der Waals surface area contributed by atoms with Crippen LogP contribution in [0.25, 0.3) is 0 Å². The fourth-order valence-corrected chi connectivity index (χ4v) is 4.24. The Labute approximate surface area is 213 Å². The predicted molar refractivity (Wildman–Crippen MR) is 136 cm³/mol. The monoisotopic (exact) mass is 534 g/mol. The van der Waals surface area contributed by atoms with Crippen molar-refractivity contribution in [3.63, 3.8) is 0 Å². The van der Waals surface area contributed by atoms with Gasteiger partial charge in [0.05, 0.1) is 27.5 Å². The van der Waals surface area contributed by atoms with Crippen molar-refractivity contribution in [1.82, 2.24) is 14.7 Å². The van der Waals surface area contributed by atoms with E-state index in [2.05, 4.69) is 25.3 Å². The zero-order chi connectivity index (χ0) is 27.2.